The fraction of sp³-hybridized carbons (Fsp3) is 0.182. The third-order valence-corrected chi connectivity index (χ3v) is 3.13. The van der Waals surface area contributed by atoms with Gasteiger partial charge in [0.2, 0.25) is 0 Å². The van der Waals surface area contributed by atoms with E-state index in [2.05, 4.69) is 31.7 Å². The predicted molar refractivity (Wildman–Crippen MR) is 70.9 cm³/mol. The second-order valence-electron chi connectivity index (χ2n) is 3.28. The number of hydrogen-bond donors (Lipinski definition) is 1. The fourth-order valence-electron chi connectivity index (χ4n) is 1.51. The van der Waals surface area contributed by atoms with Crippen molar-refractivity contribution in [3.8, 4) is 0 Å². The van der Waals surface area contributed by atoms with Crippen LogP contribution in [0.4, 0.5) is 0 Å². The number of nitrogens with zero attached hydrogens (tertiary/aromatic N) is 1. The molecule has 0 saturated carbocycles. The molecule has 1 aromatic carbocycles. The summed E-state index contributed by atoms with van der Waals surface area (Å²) in [5, 5.41) is 7.81. The van der Waals surface area contributed by atoms with Crippen molar-refractivity contribution in [3.63, 3.8) is 0 Å². The van der Waals surface area contributed by atoms with Crippen LogP contribution in [0, 0.1) is 12.3 Å². The van der Waals surface area contributed by atoms with Gasteiger partial charge in [0.15, 0.2) is 4.80 Å². The van der Waals surface area contributed by atoms with Crippen LogP contribution in [0.25, 0.3) is 10.2 Å². The predicted octanol–water partition coefficient (Wildman–Crippen LogP) is 3.25. The maximum Gasteiger partial charge on any atom is 0.183 e. The van der Waals surface area contributed by atoms with Crippen LogP contribution in [-0.4, -0.2) is 4.57 Å². The third kappa shape index (κ3) is 2.21. The number of aromatic nitrogens is 1. The minimum absolute atomic E-state index is 0. The van der Waals surface area contributed by atoms with Gasteiger partial charge in [-0.25, -0.2) is 0 Å². The van der Waals surface area contributed by atoms with E-state index in [0.717, 1.165) is 5.52 Å². The zero-order chi connectivity index (χ0) is 10.1. The molecule has 2 aromatic rings. The summed E-state index contributed by atoms with van der Waals surface area (Å²) in [7, 11) is 0. The Morgan fingerprint density at radius 1 is 1.53 bits per heavy atom. The molecule has 80 valence electrons. The van der Waals surface area contributed by atoms with Crippen LogP contribution >= 0.6 is 28.3 Å². The zero-order valence-corrected chi connectivity index (χ0v) is 11.0. The van der Waals surface area contributed by atoms with E-state index < -0.39 is 0 Å². The first kappa shape index (κ1) is 12.2. The largest absolute Gasteiger partial charge is 0.313 e. The van der Waals surface area contributed by atoms with Crippen molar-refractivity contribution in [1.29, 1.82) is 5.41 Å². The van der Waals surface area contributed by atoms with Crippen molar-refractivity contribution in [2.24, 2.45) is 0 Å². The van der Waals surface area contributed by atoms with E-state index in [4.69, 9.17) is 5.41 Å². The standard InChI is InChI=1S/C11H12N2S.BrH/c1-3-6-13-9-5-4-8(2)7-10(9)14-11(13)12;/h3-5,7,12H,1,6H2,2H3;1H. The van der Waals surface area contributed by atoms with Gasteiger partial charge in [0.1, 0.15) is 0 Å². The van der Waals surface area contributed by atoms with E-state index in [1.807, 2.05) is 10.6 Å². The molecular formula is C11H13BrN2S. The van der Waals surface area contributed by atoms with E-state index in [-0.39, 0.29) is 17.0 Å². The maximum absolute atomic E-state index is 7.81. The first-order chi connectivity index (χ1) is 6.72. The van der Waals surface area contributed by atoms with Gasteiger partial charge in [-0.3, -0.25) is 5.41 Å². The molecule has 2 rings (SSSR count). The Morgan fingerprint density at radius 2 is 2.27 bits per heavy atom. The molecule has 0 unspecified atom stereocenters. The van der Waals surface area contributed by atoms with E-state index in [9.17, 15) is 0 Å². The highest BCUT2D eigenvalue weighted by molar-refractivity contribution is 8.93. The SMILES string of the molecule is Br.C=CCn1c(=N)sc2cc(C)ccc21. The molecule has 0 atom stereocenters. The summed E-state index contributed by atoms with van der Waals surface area (Å²) < 4.78 is 3.14. The summed E-state index contributed by atoms with van der Waals surface area (Å²) in [5.74, 6) is 0. The van der Waals surface area contributed by atoms with E-state index in [1.54, 1.807) is 0 Å². The third-order valence-electron chi connectivity index (χ3n) is 2.17. The fourth-order valence-corrected chi connectivity index (χ4v) is 2.52. The number of halogens is 1. The number of nitrogens with one attached hydrogen (secondary N) is 1. The van der Waals surface area contributed by atoms with Gasteiger partial charge in [-0.1, -0.05) is 23.5 Å². The number of hydrogen-bond acceptors (Lipinski definition) is 2. The van der Waals surface area contributed by atoms with E-state index in [0.29, 0.717) is 11.3 Å². The molecule has 2 nitrogen and oxygen atoms in total. The second kappa shape index (κ2) is 4.77. The zero-order valence-electron chi connectivity index (χ0n) is 8.49. The normalized spacial score (nSPS) is 9.93. The highest BCUT2D eigenvalue weighted by Gasteiger charge is 2.02. The molecule has 0 aliphatic carbocycles. The number of allylic oxidation sites excluding steroid dienone is 1. The van der Waals surface area contributed by atoms with Gasteiger partial charge in [-0.15, -0.1) is 23.6 Å². The summed E-state index contributed by atoms with van der Waals surface area (Å²) in [6.07, 6.45) is 1.82. The lowest BCUT2D eigenvalue weighted by Crippen LogP contribution is -2.11. The highest BCUT2D eigenvalue weighted by atomic mass is 79.9. The Bertz CT molecular complexity index is 539. The molecule has 1 heterocycles. The highest BCUT2D eigenvalue weighted by Crippen LogP contribution is 2.18. The summed E-state index contributed by atoms with van der Waals surface area (Å²) in [6, 6.07) is 6.27. The Kier molecular flexibility index (Phi) is 3.88. The van der Waals surface area contributed by atoms with Crippen molar-refractivity contribution in [2.75, 3.05) is 0 Å². The number of fused-ring (bicyclic) bond motifs is 1. The average molecular weight is 285 g/mol. The number of rotatable bonds is 2. The van der Waals surface area contributed by atoms with E-state index >= 15 is 0 Å². The van der Waals surface area contributed by atoms with Gasteiger partial charge in [0, 0.05) is 6.54 Å². The van der Waals surface area contributed by atoms with Gasteiger partial charge in [0.25, 0.3) is 0 Å². The lowest BCUT2D eigenvalue weighted by atomic mass is 10.2. The molecule has 15 heavy (non-hydrogen) atoms. The van der Waals surface area contributed by atoms with Crippen molar-refractivity contribution in [3.05, 3.63) is 41.2 Å². The molecule has 0 bridgehead atoms. The molecule has 0 amide bonds. The van der Waals surface area contributed by atoms with Crippen LogP contribution in [0.5, 0.6) is 0 Å². The van der Waals surface area contributed by atoms with Crippen LogP contribution in [0.2, 0.25) is 0 Å². The summed E-state index contributed by atoms with van der Waals surface area (Å²) in [4.78, 5) is 0.588. The minimum atomic E-state index is 0. The van der Waals surface area contributed by atoms with Crippen molar-refractivity contribution < 1.29 is 0 Å². The minimum Gasteiger partial charge on any atom is -0.313 e. The summed E-state index contributed by atoms with van der Waals surface area (Å²) in [6.45, 7) is 6.48. The molecule has 0 aliphatic heterocycles. The molecule has 0 spiro atoms. The molecular weight excluding hydrogens is 272 g/mol. The van der Waals surface area contributed by atoms with Gasteiger partial charge in [0.05, 0.1) is 10.2 Å². The molecule has 1 N–H and O–H groups in total. The van der Waals surface area contributed by atoms with Crippen molar-refractivity contribution in [1.82, 2.24) is 4.57 Å². The van der Waals surface area contributed by atoms with Crippen LogP contribution < -0.4 is 4.80 Å². The van der Waals surface area contributed by atoms with Crippen LogP contribution in [-0.2, 0) is 6.54 Å². The summed E-state index contributed by atoms with van der Waals surface area (Å²) >= 11 is 1.51. The van der Waals surface area contributed by atoms with Crippen LogP contribution in [0.3, 0.4) is 0 Å². The molecule has 4 heteroatoms. The van der Waals surface area contributed by atoms with Crippen LogP contribution in [0.15, 0.2) is 30.9 Å². The van der Waals surface area contributed by atoms with Crippen molar-refractivity contribution in [2.45, 2.75) is 13.5 Å². The summed E-state index contributed by atoms with van der Waals surface area (Å²) in [5.41, 5.74) is 2.37. The van der Waals surface area contributed by atoms with Crippen LogP contribution in [0.1, 0.15) is 5.56 Å². The molecule has 0 aliphatic rings. The number of aryl methyl sites for hydroxylation is 1. The Hall–Kier alpha value is -0.870. The Labute approximate surface area is 103 Å². The smallest absolute Gasteiger partial charge is 0.183 e. The molecule has 0 fully saturated rings. The first-order valence-electron chi connectivity index (χ1n) is 4.48. The first-order valence-corrected chi connectivity index (χ1v) is 5.29. The van der Waals surface area contributed by atoms with Gasteiger partial charge in [-0.05, 0) is 24.6 Å². The molecule has 0 saturated heterocycles. The quantitative estimate of drug-likeness (QED) is 0.821. The molecule has 0 radical (unpaired) electrons. The lowest BCUT2D eigenvalue weighted by molar-refractivity contribution is 0.811. The lowest BCUT2D eigenvalue weighted by Gasteiger charge is -1.99. The van der Waals surface area contributed by atoms with Crippen molar-refractivity contribution >= 4 is 38.5 Å². The topological polar surface area (TPSA) is 28.8 Å². The van der Waals surface area contributed by atoms with E-state index in [1.165, 1.54) is 21.6 Å². The van der Waals surface area contributed by atoms with Gasteiger partial charge in [-0.2, -0.15) is 0 Å². The van der Waals surface area contributed by atoms with Gasteiger partial charge >= 0.3 is 0 Å². The Balaban J connectivity index is 0.00000112. The van der Waals surface area contributed by atoms with Gasteiger partial charge < -0.3 is 4.57 Å². The second-order valence-corrected chi connectivity index (χ2v) is 4.31. The Morgan fingerprint density at radius 3 is 2.93 bits per heavy atom. The molecule has 1 aromatic heterocycles. The maximum atomic E-state index is 7.81. The number of benzene rings is 1. The average Bonchev–Trinajstić information content (AvgIpc) is 2.43. The number of thiazole rings is 1. The monoisotopic (exact) mass is 284 g/mol.